The Morgan fingerprint density at radius 1 is 1.21 bits per heavy atom. The number of thioether (sulfide) groups is 1. The van der Waals surface area contributed by atoms with Crippen LogP contribution in [0.25, 0.3) is 11.8 Å². The van der Waals surface area contributed by atoms with E-state index in [0.29, 0.717) is 26.9 Å². The number of carbonyl (C=O) groups is 1. The Bertz CT molecular complexity index is 1270. The summed E-state index contributed by atoms with van der Waals surface area (Å²) in [7, 11) is 3.14. The zero-order chi connectivity index (χ0) is 23.9. The van der Waals surface area contributed by atoms with E-state index in [0.717, 1.165) is 40.3 Å². The number of rotatable bonds is 5. The number of methoxy groups -OCH3 is 2. The summed E-state index contributed by atoms with van der Waals surface area (Å²) in [6.07, 6.45) is 1.71. The fourth-order valence-electron chi connectivity index (χ4n) is 3.70. The number of benzene rings is 1. The van der Waals surface area contributed by atoms with Crippen LogP contribution in [-0.2, 0) is 4.79 Å². The number of fused-ring (bicyclic) bond motifs is 1. The number of ether oxygens (including phenoxy) is 2. The molecular weight excluding hydrogens is 482 g/mol. The molecule has 0 aliphatic carbocycles. The molecule has 0 saturated carbocycles. The largest absolute Gasteiger partial charge is 0.495 e. The van der Waals surface area contributed by atoms with E-state index in [1.807, 2.05) is 31.4 Å². The number of aromatic nitrogens is 1. The number of carbonyl (C=O) groups excluding carboxylic acids is 1. The molecule has 33 heavy (non-hydrogen) atoms. The number of nitrogens with zero attached hydrogens (tertiary/aromatic N) is 4. The van der Waals surface area contributed by atoms with Gasteiger partial charge in [-0.1, -0.05) is 30.3 Å². The first-order chi connectivity index (χ1) is 15.8. The minimum atomic E-state index is -0.452. The maximum Gasteiger partial charge on any atom is 0.283 e. The highest BCUT2D eigenvalue weighted by Gasteiger charge is 2.37. The molecule has 0 atom stereocenters. The van der Waals surface area contributed by atoms with E-state index in [1.165, 1.54) is 11.8 Å². The van der Waals surface area contributed by atoms with Gasteiger partial charge in [0.15, 0.2) is 5.17 Å². The van der Waals surface area contributed by atoms with Crippen LogP contribution in [0.2, 0.25) is 5.02 Å². The van der Waals surface area contributed by atoms with E-state index in [4.69, 9.17) is 26.5 Å². The number of amidine groups is 3. The molecule has 0 spiro atoms. The summed E-state index contributed by atoms with van der Waals surface area (Å²) < 4.78 is 17.2. The van der Waals surface area contributed by atoms with E-state index < -0.39 is 5.91 Å². The monoisotopic (exact) mass is 503 g/mol. The second-order valence-corrected chi connectivity index (χ2v) is 9.53. The Morgan fingerprint density at radius 3 is 2.61 bits per heavy atom. The molecule has 1 aromatic carbocycles. The van der Waals surface area contributed by atoms with Gasteiger partial charge >= 0.3 is 0 Å². The van der Waals surface area contributed by atoms with Gasteiger partial charge in [-0.15, -0.1) is 0 Å². The molecule has 3 heterocycles. The van der Waals surface area contributed by atoms with Gasteiger partial charge in [-0.2, -0.15) is 9.39 Å². The van der Waals surface area contributed by atoms with Crippen LogP contribution in [0.15, 0.2) is 33.2 Å². The summed E-state index contributed by atoms with van der Waals surface area (Å²) in [5.41, 5.74) is 3.53. The number of hydrogen-bond acceptors (Lipinski definition) is 7. The Labute approximate surface area is 205 Å². The summed E-state index contributed by atoms with van der Waals surface area (Å²) >= 11 is 9.02. The lowest BCUT2D eigenvalue weighted by Crippen LogP contribution is -2.41. The first kappa shape index (κ1) is 23.5. The molecule has 2 aliphatic rings. The third kappa shape index (κ3) is 4.07. The van der Waals surface area contributed by atoms with E-state index in [-0.39, 0.29) is 11.4 Å². The van der Waals surface area contributed by atoms with Gasteiger partial charge in [-0.05, 0) is 43.4 Å². The maximum atomic E-state index is 12.8. The molecule has 1 N–H and O–H groups in total. The molecule has 172 valence electrons. The van der Waals surface area contributed by atoms with Crippen molar-refractivity contribution in [2.24, 2.45) is 9.39 Å². The topological polar surface area (TPSA) is 92.3 Å². The zero-order valence-corrected chi connectivity index (χ0v) is 21.1. The highest BCUT2D eigenvalue weighted by molar-refractivity contribution is 8.19. The van der Waals surface area contributed by atoms with E-state index >= 15 is 0 Å². The van der Waals surface area contributed by atoms with Crippen molar-refractivity contribution >= 4 is 63.5 Å². The predicted octanol–water partition coefficient (Wildman–Crippen LogP) is 5.09. The minimum Gasteiger partial charge on any atom is -0.495 e. The van der Waals surface area contributed by atoms with Crippen molar-refractivity contribution in [2.75, 3.05) is 20.0 Å². The molecule has 2 aromatic rings. The van der Waals surface area contributed by atoms with E-state index in [2.05, 4.69) is 9.39 Å². The first-order valence-electron chi connectivity index (χ1n) is 10.0. The van der Waals surface area contributed by atoms with Crippen molar-refractivity contribution in [1.82, 2.24) is 9.47 Å². The van der Waals surface area contributed by atoms with Crippen LogP contribution < -0.4 is 9.47 Å². The molecule has 0 radical (unpaired) electrons. The van der Waals surface area contributed by atoms with Crippen LogP contribution in [-0.4, -0.2) is 51.5 Å². The second kappa shape index (κ2) is 9.28. The third-order valence-corrected chi connectivity index (χ3v) is 7.17. The van der Waals surface area contributed by atoms with Crippen LogP contribution >= 0.6 is 35.3 Å². The fourth-order valence-corrected chi connectivity index (χ4v) is 5.51. The Morgan fingerprint density at radius 2 is 1.94 bits per heavy atom. The number of amides is 1. The zero-order valence-electron chi connectivity index (χ0n) is 18.7. The number of nitrogens with one attached hydrogen (secondary N) is 1. The number of hydrogen-bond donors (Lipinski definition) is 1. The van der Waals surface area contributed by atoms with Crippen LogP contribution in [0.1, 0.15) is 23.9 Å². The Balaban J connectivity index is 1.79. The van der Waals surface area contributed by atoms with Crippen molar-refractivity contribution in [1.29, 1.82) is 5.41 Å². The van der Waals surface area contributed by atoms with Crippen molar-refractivity contribution in [3.8, 4) is 17.2 Å². The molecule has 0 fully saturated rings. The quantitative estimate of drug-likeness (QED) is 0.451. The lowest BCUT2D eigenvalue weighted by Gasteiger charge is -2.24. The smallest absolute Gasteiger partial charge is 0.283 e. The molecule has 0 bridgehead atoms. The molecule has 11 heteroatoms. The van der Waals surface area contributed by atoms with Gasteiger partial charge in [0.1, 0.15) is 17.3 Å². The number of aryl methyl sites for hydroxylation is 1. The highest BCUT2D eigenvalue weighted by atomic mass is 35.5. The Kier molecular flexibility index (Phi) is 6.60. The number of halogens is 1. The summed E-state index contributed by atoms with van der Waals surface area (Å²) in [6, 6.07) is 5.48. The summed E-state index contributed by atoms with van der Waals surface area (Å²) in [4.78, 5) is 18.5. The summed E-state index contributed by atoms with van der Waals surface area (Å²) in [5.74, 6) is 1.54. The Hall–Kier alpha value is -2.69. The minimum absolute atomic E-state index is 0.0737. The van der Waals surface area contributed by atoms with Crippen LogP contribution in [0.4, 0.5) is 0 Å². The fraction of sp³-hybridized carbons (Fsp3) is 0.273. The average Bonchev–Trinajstić information content (AvgIpc) is 3.30. The van der Waals surface area contributed by atoms with Crippen molar-refractivity contribution in [3.63, 3.8) is 0 Å². The van der Waals surface area contributed by atoms with E-state index in [9.17, 15) is 4.79 Å². The maximum absolute atomic E-state index is 12.8. The van der Waals surface area contributed by atoms with Crippen LogP contribution in [0, 0.1) is 19.3 Å². The SMILES string of the molecule is CCSC1=NSC2=NC(=O)/C(=C\c3cc(C)n(-c4cc(Cl)c(OC)cc4OC)c3C)C(=N)N12. The van der Waals surface area contributed by atoms with Gasteiger partial charge in [-0.3, -0.25) is 10.2 Å². The standard InChI is InChI=1S/C22H22ClN5O3S2/c1-6-32-22-26-33-21-25-20(29)14(19(24)28(21)22)8-13-7-11(2)27(12(13)3)16-9-15(23)17(30-4)10-18(16)31-5/h7-10,24H,6H2,1-5H3/b14-8-,24-19?. The van der Waals surface area contributed by atoms with Gasteiger partial charge in [0.25, 0.3) is 5.91 Å². The molecule has 1 amide bonds. The first-order valence-corrected chi connectivity index (χ1v) is 12.2. The highest BCUT2D eigenvalue weighted by Crippen LogP contribution is 2.37. The van der Waals surface area contributed by atoms with Gasteiger partial charge in [0.2, 0.25) is 5.17 Å². The van der Waals surface area contributed by atoms with Crippen molar-refractivity contribution in [3.05, 3.63) is 45.7 Å². The van der Waals surface area contributed by atoms with Crippen molar-refractivity contribution < 1.29 is 14.3 Å². The third-order valence-electron chi connectivity index (χ3n) is 5.23. The number of aliphatic imine (C=N–C) groups is 1. The molecule has 8 nitrogen and oxygen atoms in total. The summed E-state index contributed by atoms with van der Waals surface area (Å²) in [5, 5.41) is 10.2. The second-order valence-electron chi connectivity index (χ2n) is 7.16. The molecule has 0 saturated heterocycles. The van der Waals surface area contributed by atoms with Crippen molar-refractivity contribution in [2.45, 2.75) is 20.8 Å². The molecular formula is C22H22ClN5O3S2. The van der Waals surface area contributed by atoms with Crippen LogP contribution in [0.3, 0.4) is 0 Å². The van der Waals surface area contributed by atoms with Crippen LogP contribution in [0.5, 0.6) is 11.5 Å². The normalized spacial score (nSPS) is 16.8. The molecule has 4 rings (SSSR count). The van der Waals surface area contributed by atoms with Gasteiger partial charge in [-0.25, -0.2) is 4.90 Å². The van der Waals surface area contributed by atoms with Gasteiger partial charge in [0.05, 0.1) is 42.5 Å². The predicted molar refractivity (Wildman–Crippen MR) is 136 cm³/mol. The lowest BCUT2D eigenvalue weighted by atomic mass is 10.1. The molecule has 2 aliphatic heterocycles. The van der Waals surface area contributed by atoms with E-state index in [1.54, 1.807) is 37.3 Å². The summed E-state index contributed by atoms with van der Waals surface area (Å²) in [6.45, 7) is 5.90. The molecule has 1 aromatic heterocycles. The van der Waals surface area contributed by atoms with Gasteiger partial charge in [0, 0.05) is 17.5 Å². The van der Waals surface area contributed by atoms with Gasteiger partial charge < -0.3 is 14.0 Å². The molecule has 0 unspecified atom stereocenters. The average molecular weight is 504 g/mol. The lowest BCUT2D eigenvalue weighted by molar-refractivity contribution is -0.114.